The standard InChI is InChI=1S/C14H28N2O2/c1-11(2)10-16(8-9-18-4)14(17)13-7-5-6-12(3)15-13/h11-13,15H,5-10H2,1-4H3. The maximum atomic E-state index is 12.5. The average molecular weight is 256 g/mol. The molecule has 1 heterocycles. The number of amides is 1. The first-order valence-electron chi connectivity index (χ1n) is 7.08. The molecule has 1 aliphatic heterocycles. The summed E-state index contributed by atoms with van der Waals surface area (Å²) in [5.74, 6) is 0.735. The minimum Gasteiger partial charge on any atom is -0.383 e. The van der Waals surface area contributed by atoms with Crippen molar-refractivity contribution in [3.8, 4) is 0 Å². The van der Waals surface area contributed by atoms with E-state index in [2.05, 4.69) is 26.1 Å². The van der Waals surface area contributed by atoms with E-state index in [0.717, 1.165) is 19.4 Å². The van der Waals surface area contributed by atoms with Gasteiger partial charge in [0.2, 0.25) is 5.91 Å². The number of nitrogens with zero attached hydrogens (tertiary/aromatic N) is 1. The van der Waals surface area contributed by atoms with Gasteiger partial charge in [-0.25, -0.2) is 0 Å². The second-order valence-corrected chi connectivity index (χ2v) is 5.72. The number of ether oxygens (including phenoxy) is 1. The molecule has 2 unspecified atom stereocenters. The summed E-state index contributed by atoms with van der Waals surface area (Å²) in [6, 6.07) is 0.459. The molecule has 0 saturated carbocycles. The Kier molecular flexibility index (Phi) is 6.65. The molecule has 106 valence electrons. The Hall–Kier alpha value is -0.610. The smallest absolute Gasteiger partial charge is 0.239 e. The Morgan fingerprint density at radius 2 is 2.17 bits per heavy atom. The van der Waals surface area contributed by atoms with E-state index in [-0.39, 0.29) is 11.9 Å². The third-order valence-corrected chi connectivity index (χ3v) is 3.38. The van der Waals surface area contributed by atoms with Crippen molar-refractivity contribution in [2.75, 3.05) is 26.8 Å². The highest BCUT2D eigenvalue weighted by Gasteiger charge is 2.28. The van der Waals surface area contributed by atoms with Crippen LogP contribution in [0.3, 0.4) is 0 Å². The van der Waals surface area contributed by atoms with Gasteiger partial charge in [0.15, 0.2) is 0 Å². The summed E-state index contributed by atoms with van der Waals surface area (Å²) >= 11 is 0. The molecule has 1 fully saturated rings. The zero-order valence-electron chi connectivity index (χ0n) is 12.2. The van der Waals surface area contributed by atoms with Gasteiger partial charge in [-0.05, 0) is 32.1 Å². The molecular formula is C14H28N2O2. The fourth-order valence-electron chi connectivity index (χ4n) is 2.49. The van der Waals surface area contributed by atoms with Gasteiger partial charge in [0.1, 0.15) is 0 Å². The van der Waals surface area contributed by atoms with Crippen LogP contribution in [-0.4, -0.2) is 49.7 Å². The molecular weight excluding hydrogens is 228 g/mol. The van der Waals surface area contributed by atoms with Gasteiger partial charge >= 0.3 is 0 Å². The van der Waals surface area contributed by atoms with Gasteiger partial charge in [-0.2, -0.15) is 0 Å². The molecule has 1 amide bonds. The molecule has 1 rings (SSSR count). The number of methoxy groups -OCH3 is 1. The number of piperidine rings is 1. The normalized spacial score (nSPS) is 24.3. The van der Waals surface area contributed by atoms with Crippen molar-refractivity contribution in [3.63, 3.8) is 0 Å². The number of hydrogen-bond acceptors (Lipinski definition) is 3. The van der Waals surface area contributed by atoms with Crippen molar-refractivity contribution in [3.05, 3.63) is 0 Å². The van der Waals surface area contributed by atoms with Crippen LogP contribution in [0, 0.1) is 5.92 Å². The Bertz CT molecular complexity index is 256. The molecule has 0 radical (unpaired) electrons. The lowest BCUT2D eigenvalue weighted by atomic mass is 9.98. The summed E-state index contributed by atoms with van der Waals surface area (Å²) in [5.41, 5.74) is 0. The number of carbonyl (C=O) groups is 1. The minimum atomic E-state index is 0.00403. The highest BCUT2D eigenvalue weighted by molar-refractivity contribution is 5.82. The van der Waals surface area contributed by atoms with E-state index in [1.807, 2.05) is 4.90 Å². The number of carbonyl (C=O) groups excluding carboxylic acids is 1. The van der Waals surface area contributed by atoms with E-state index >= 15 is 0 Å². The van der Waals surface area contributed by atoms with Crippen LogP contribution in [0.2, 0.25) is 0 Å². The first kappa shape index (κ1) is 15.4. The summed E-state index contributed by atoms with van der Waals surface area (Å²) in [6.45, 7) is 8.56. The molecule has 1 saturated heterocycles. The second kappa shape index (κ2) is 7.74. The zero-order chi connectivity index (χ0) is 13.5. The van der Waals surface area contributed by atoms with Crippen LogP contribution < -0.4 is 5.32 Å². The number of nitrogens with one attached hydrogen (secondary N) is 1. The molecule has 0 spiro atoms. The Morgan fingerprint density at radius 1 is 1.44 bits per heavy atom. The molecule has 0 aliphatic carbocycles. The van der Waals surface area contributed by atoms with Crippen molar-refractivity contribution in [2.45, 2.75) is 52.1 Å². The Balaban J connectivity index is 2.56. The van der Waals surface area contributed by atoms with Gasteiger partial charge in [0.25, 0.3) is 0 Å². The summed E-state index contributed by atoms with van der Waals surface area (Å²) in [6.07, 6.45) is 3.28. The van der Waals surface area contributed by atoms with Gasteiger partial charge in [-0.15, -0.1) is 0 Å². The van der Waals surface area contributed by atoms with Crippen molar-refractivity contribution in [1.29, 1.82) is 0 Å². The molecule has 4 heteroatoms. The quantitative estimate of drug-likeness (QED) is 0.785. The van der Waals surface area contributed by atoms with E-state index in [9.17, 15) is 4.79 Å². The van der Waals surface area contributed by atoms with Crippen molar-refractivity contribution in [1.82, 2.24) is 10.2 Å². The zero-order valence-corrected chi connectivity index (χ0v) is 12.2. The molecule has 0 aromatic carbocycles. The van der Waals surface area contributed by atoms with Crippen molar-refractivity contribution >= 4 is 5.91 Å². The lowest BCUT2D eigenvalue weighted by molar-refractivity contribution is -0.135. The molecule has 0 aromatic rings. The lowest BCUT2D eigenvalue weighted by Crippen LogP contribution is -2.52. The van der Waals surface area contributed by atoms with Gasteiger partial charge < -0.3 is 15.0 Å². The van der Waals surface area contributed by atoms with Crippen molar-refractivity contribution < 1.29 is 9.53 Å². The van der Waals surface area contributed by atoms with Crippen LogP contribution in [0.1, 0.15) is 40.0 Å². The summed E-state index contributed by atoms with van der Waals surface area (Å²) in [4.78, 5) is 14.4. The highest BCUT2D eigenvalue weighted by atomic mass is 16.5. The van der Waals surface area contributed by atoms with Crippen LogP contribution in [-0.2, 0) is 9.53 Å². The molecule has 0 aromatic heterocycles. The predicted octanol–water partition coefficient (Wildman–Crippen LogP) is 1.65. The third-order valence-electron chi connectivity index (χ3n) is 3.38. The van der Waals surface area contributed by atoms with E-state index in [1.165, 1.54) is 6.42 Å². The van der Waals surface area contributed by atoms with Crippen LogP contribution in [0.4, 0.5) is 0 Å². The highest BCUT2D eigenvalue weighted by Crippen LogP contribution is 2.15. The molecule has 2 atom stereocenters. The topological polar surface area (TPSA) is 41.6 Å². The summed E-state index contributed by atoms with van der Waals surface area (Å²) in [5, 5.41) is 3.41. The van der Waals surface area contributed by atoms with E-state index in [0.29, 0.717) is 25.1 Å². The first-order chi connectivity index (χ1) is 8.54. The largest absolute Gasteiger partial charge is 0.383 e. The molecule has 18 heavy (non-hydrogen) atoms. The van der Waals surface area contributed by atoms with Crippen LogP contribution in [0.25, 0.3) is 0 Å². The Morgan fingerprint density at radius 3 is 2.72 bits per heavy atom. The number of rotatable bonds is 6. The number of hydrogen-bond donors (Lipinski definition) is 1. The first-order valence-corrected chi connectivity index (χ1v) is 7.08. The maximum Gasteiger partial charge on any atom is 0.239 e. The van der Waals surface area contributed by atoms with Gasteiger partial charge in [-0.1, -0.05) is 13.8 Å². The molecule has 0 bridgehead atoms. The fraction of sp³-hybridized carbons (Fsp3) is 0.929. The van der Waals surface area contributed by atoms with Gasteiger partial charge in [-0.3, -0.25) is 4.79 Å². The van der Waals surface area contributed by atoms with Gasteiger partial charge in [0, 0.05) is 26.2 Å². The van der Waals surface area contributed by atoms with E-state index in [1.54, 1.807) is 7.11 Å². The second-order valence-electron chi connectivity index (χ2n) is 5.72. The Labute approximate surface area is 111 Å². The lowest BCUT2D eigenvalue weighted by Gasteiger charge is -2.33. The molecule has 1 N–H and O–H groups in total. The minimum absolute atomic E-state index is 0.00403. The molecule has 4 nitrogen and oxygen atoms in total. The van der Waals surface area contributed by atoms with Crippen LogP contribution >= 0.6 is 0 Å². The monoisotopic (exact) mass is 256 g/mol. The van der Waals surface area contributed by atoms with Crippen LogP contribution in [0.5, 0.6) is 0 Å². The average Bonchev–Trinajstić information content (AvgIpc) is 2.33. The fourth-order valence-corrected chi connectivity index (χ4v) is 2.49. The summed E-state index contributed by atoms with van der Waals surface area (Å²) < 4.78 is 5.10. The summed E-state index contributed by atoms with van der Waals surface area (Å²) in [7, 11) is 1.68. The van der Waals surface area contributed by atoms with E-state index in [4.69, 9.17) is 4.74 Å². The maximum absolute atomic E-state index is 12.5. The van der Waals surface area contributed by atoms with E-state index < -0.39 is 0 Å². The SMILES string of the molecule is COCCN(CC(C)C)C(=O)C1CCCC(C)N1. The van der Waals surface area contributed by atoms with Gasteiger partial charge in [0.05, 0.1) is 12.6 Å². The van der Waals surface area contributed by atoms with Crippen LogP contribution in [0.15, 0.2) is 0 Å². The molecule has 1 aliphatic rings. The van der Waals surface area contributed by atoms with Crippen molar-refractivity contribution in [2.24, 2.45) is 5.92 Å². The third kappa shape index (κ3) is 4.94. The predicted molar refractivity (Wildman–Crippen MR) is 73.5 cm³/mol.